The van der Waals surface area contributed by atoms with E-state index in [1.54, 1.807) is 0 Å². The van der Waals surface area contributed by atoms with Crippen molar-refractivity contribution < 1.29 is 0 Å². The van der Waals surface area contributed by atoms with E-state index in [9.17, 15) is 0 Å². The molecule has 1 fully saturated rings. The molecule has 2 unspecified atom stereocenters. The molecule has 2 aliphatic rings. The number of allylic oxidation sites excluding steroid dienone is 3. The molecule has 0 amide bonds. The lowest BCUT2D eigenvalue weighted by atomic mass is 9.74. The fourth-order valence-electron chi connectivity index (χ4n) is 2.61. The lowest BCUT2D eigenvalue weighted by molar-refractivity contribution is 0.191. The van der Waals surface area contributed by atoms with E-state index in [-0.39, 0.29) is 0 Å². The second-order valence-electron chi connectivity index (χ2n) is 4.99. The Bertz CT molecular complexity index is 280. The van der Waals surface area contributed by atoms with E-state index in [1.165, 1.54) is 19.3 Å². The molecule has 0 radical (unpaired) electrons. The van der Waals surface area contributed by atoms with Gasteiger partial charge in [0.05, 0.1) is 0 Å². The lowest BCUT2D eigenvalue weighted by Crippen LogP contribution is -2.53. The van der Waals surface area contributed by atoms with E-state index in [0.717, 1.165) is 6.54 Å². The fourth-order valence-corrected chi connectivity index (χ4v) is 2.61. The lowest BCUT2D eigenvalue weighted by Gasteiger charge is -2.43. The maximum absolute atomic E-state index is 3.88. The van der Waals surface area contributed by atoms with Crippen LogP contribution in [0.15, 0.2) is 37.0 Å². The Balaban J connectivity index is 1.99. The molecule has 1 saturated heterocycles. The normalized spacial score (nSPS) is 40.3. The minimum absolute atomic E-state index is 0.292. The SMILES string of the molecule is C=CC1CC[C@@](C)(C2C=CC=CC2)NC1. The molecule has 1 aliphatic carbocycles. The van der Waals surface area contributed by atoms with Gasteiger partial charge in [0.1, 0.15) is 0 Å². The van der Waals surface area contributed by atoms with Crippen LogP contribution in [0.5, 0.6) is 0 Å². The van der Waals surface area contributed by atoms with Gasteiger partial charge >= 0.3 is 0 Å². The number of nitrogens with one attached hydrogen (secondary N) is 1. The Hall–Kier alpha value is -0.820. The average Bonchev–Trinajstić information content (AvgIpc) is 2.31. The molecule has 0 aromatic heterocycles. The highest BCUT2D eigenvalue weighted by Crippen LogP contribution is 2.33. The summed E-state index contributed by atoms with van der Waals surface area (Å²) in [6.07, 6.45) is 14.8. The van der Waals surface area contributed by atoms with Crippen LogP contribution in [0.2, 0.25) is 0 Å². The summed E-state index contributed by atoms with van der Waals surface area (Å²) in [7, 11) is 0. The molecule has 0 saturated carbocycles. The minimum Gasteiger partial charge on any atom is -0.310 e. The van der Waals surface area contributed by atoms with Crippen molar-refractivity contribution in [2.75, 3.05) is 6.54 Å². The molecule has 1 heteroatoms. The third-order valence-corrected chi connectivity index (χ3v) is 3.93. The Labute approximate surface area is 93.0 Å². The maximum Gasteiger partial charge on any atom is 0.0219 e. The van der Waals surface area contributed by atoms with Gasteiger partial charge in [-0.1, -0.05) is 30.4 Å². The van der Waals surface area contributed by atoms with E-state index < -0.39 is 0 Å². The second-order valence-corrected chi connectivity index (χ2v) is 4.99. The van der Waals surface area contributed by atoms with Gasteiger partial charge in [-0.2, -0.15) is 0 Å². The van der Waals surface area contributed by atoms with Crippen molar-refractivity contribution >= 4 is 0 Å². The van der Waals surface area contributed by atoms with Crippen LogP contribution in [0.3, 0.4) is 0 Å². The first-order chi connectivity index (χ1) is 7.24. The van der Waals surface area contributed by atoms with E-state index in [0.29, 0.717) is 17.4 Å². The van der Waals surface area contributed by atoms with Crippen LogP contribution < -0.4 is 5.32 Å². The van der Waals surface area contributed by atoms with Gasteiger partial charge in [0, 0.05) is 12.1 Å². The zero-order valence-corrected chi connectivity index (χ0v) is 9.58. The molecule has 0 bridgehead atoms. The highest BCUT2D eigenvalue weighted by molar-refractivity contribution is 5.16. The third kappa shape index (κ3) is 2.23. The van der Waals surface area contributed by atoms with Crippen molar-refractivity contribution in [1.29, 1.82) is 0 Å². The summed E-state index contributed by atoms with van der Waals surface area (Å²) < 4.78 is 0. The first-order valence-electron chi connectivity index (χ1n) is 5.95. The van der Waals surface area contributed by atoms with E-state index >= 15 is 0 Å². The quantitative estimate of drug-likeness (QED) is 0.680. The summed E-state index contributed by atoms with van der Waals surface area (Å²) in [5.74, 6) is 1.33. The Morgan fingerprint density at radius 1 is 1.47 bits per heavy atom. The summed E-state index contributed by atoms with van der Waals surface area (Å²) in [5.41, 5.74) is 0.292. The van der Waals surface area contributed by atoms with Crippen LogP contribution in [0, 0.1) is 11.8 Å². The summed E-state index contributed by atoms with van der Waals surface area (Å²) >= 11 is 0. The predicted molar refractivity (Wildman–Crippen MR) is 65.7 cm³/mol. The van der Waals surface area contributed by atoms with Crippen molar-refractivity contribution in [3.05, 3.63) is 37.0 Å². The minimum atomic E-state index is 0.292. The Morgan fingerprint density at radius 3 is 2.87 bits per heavy atom. The molecule has 0 spiro atoms. The van der Waals surface area contributed by atoms with Crippen LogP contribution in [-0.2, 0) is 0 Å². The molecule has 1 heterocycles. The number of hydrogen-bond acceptors (Lipinski definition) is 1. The first kappa shape index (κ1) is 10.7. The molecule has 0 aromatic carbocycles. The van der Waals surface area contributed by atoms with Gasteiger partial charge in [-0.15, -0.1) is 6.58 Å². The zero-order valence-electron chi connectivity index (χ0n) is 9.58. The molecular weight excluding hydrogens is 182 g/mol. The highest BCUT2D eigenvalue weighted by Gasteiger charge is 2.35. The van der Waals surface area contributed by atoms with Gasteiger partial charge in [0.25, 0.3) is 0 Å². The number of rotatable bonds is 2. The molecule has 0 aromatic rings. The highest BCUT2D eigenvalue weighted by atomic mass is 15.0. The number of piperidine rings is 1. The second kappa shape index (κ2) is 4.36. The standard InChI is InChI=1S/C14H21N/c1-3-12-9-10-14(2,15-11-12)13-7-5-4-6-8-13/h3-7,12-13,15H,1,8-11H2,2H3/t12?,13?,14-/m0/s1. The van der Waals surface area contributed by atoms with Gasteiger partial charge in [-0.05, 0) is 38.0 Å². The van der Waals surface area contributed by atoms with E-state index in [1.807, 2.05) is 0 Å². The van der Waals surface area contributed by atoms with E-state index in [4.69, 9.17) is 0 Å². The zero-order chi connectivity index (χ0) is 10.7. The molecule has 2 rings (SSSR count). The monoisotopic (exact) mass is 203 g/mol. The smallest absolute Gasteiger partial charge is 0.0219 e. The van der Waals surface area contributed by atoms with Gasteiger partial charge in [0.15, 0.2) is 0 Å². The summed E-state index contributed by atoms with van der Waals surface area (Å²) in [6.45, 7) is 7.33. The summed E-state index contributed by atoms with van der Waals surface area (Å²) in [5, 5.41) is 3.71. The molecule has 1 aliphatic heterocycles. The summed E-state index contributed by atoms with van der Waals surface area (Å²) in [6, 6.07) is 0. The largest absolute Gasteiger partial charge is 0.310 e. The fraction of sp³-hybridized carbons (Fsp3) is 0.571. The Morgan fingerprint density at radius 2 is 2.33 bits per heavy atom. The molecule has 3 atom stereocenters. The molecule has 1 nitrogen and oxygen atoms in total. The van der Waals surface area contributed by atoms with Gasteiger partial charge in [-0.3, -0.25) is 0 Å². The molecular formula is C14H21N. The molecule has 1 N–H and O–H groups in total. The van der Waals surface area contributed by atoms with Crippen LogP contribution in [-0.4, -0.2) is 12.1 Å². The van der Waals surface area contributed by atoms with Crippen molar-refractivity contribution in [3.8, 4) is 0 Å². The van der Waals surface area contributed by atoms with Gasteiger partial charge < -0.3 is 5.32 Å². The average molecular weight is 203 g/mol. The topological polar surface area (TPSA) is 12.0 Å². The van der Waals surface area contributed by atoms with Crippen molar-refractivity contribution in [1.82, 2.24) is 5.32 Å². The van der Waals surface area contributed by atoms with Crippen molar-refractivity contribution in [2.24, 2.45) is 11.8 Å². The molecule has 15 heavy (non-hydrogen) atoms. The predicted octanol–water partition coefficient (Wildman–Crippen LogP) is 3.06. The Kier molecular flexibility index (Phi) is 3.11. The van der Waals surface area contributed by atoms with Crippen molar-refractivity contribution in [2.45, 2.75) is 31.7 Å². The molecule has 82 valence electrons. The van der Waals surface area contributed by atoms with Crippen molar-refractivity contribution in [3.63, 3.8) is 0 Å². The third-order valence-electron chi connectivity index (χ3n) is 3.93. The maximum atomic E-state index is 3.88. The van der Waals surface area contributed by atoms with Gasteiger partial charge in [0.2, 0.25) is 0 Å². The van der Waals surface area contributed by atoms with Crippen LogP contribution in [0.25, 0.3) is 0 Å². The summed E-state index contributed by atoms with van der Waals surface area (Å²) in [4.78, 5) is 0. The van der Waals surface area contributed by atoms with Crippen LogP contribution >= 0.6 is 0 Å². The van der Waals surface area contributed by atoms with Crippen LogP contribution in [0.4, 0.5) is 0 Å². The van der Waals surface area contributed by atoms with E-state index in [2.05, 4.69) is 49.2 Å². The van der Waals surface area contributed by atoms with Gasteiger partial charge in [-0.25, -0.2) is 0 Å². The number of hydrogen-bond donors (Lipinski definition) is 1. The first-order valence-corrected chi connectivity index (χ1v) is 5.95. The van der Waals surface area contributed by atoms with Crippen LogP contribution in [0.1, 0.15) is 26.2 Å².